The van der Waals surface area contributed by atoms with Crippen molar-refractivity contribution in [3.8, 4) is 28.2 Å². The maximum atomic E-state index is 2.52. The normalized spacial score (nSPS) is 11.7. The van der Waals surface area contributed by atoms with Crippen molar-refractivity contribution in [3.63, 3.8) is 0 Å². The first kappa shape index (κ1) is 34.0. The van der Waals surface area contributed by atoms with E-state index < -0.39 is 0 Å². The van der Waals surface area contributed by atoms with Crippen LogP contribution in [0.5, 0.6) is 0 Å². The molecule has 0 atom stereocenters. The fraction of sp³-hybridized carbons (Fsp3) is 0. The van der Waals surface area contributed by atoms with Gasteiger partial charge in [0.1, 0.15) is 0 Å². The molecule has 4 nitrogen and oxygen atoms in total. The first-order chi connectivity index (χ1) is 29.8. The predicted molar refractivity (Wildman–Crippen MR) is 252 cm³/mol. The molecule has 3 heterocycles. The fourth-order valence-electron chi connectivity index (χ4n) is 9.45. The van der Waals surface area contributed by atoms with Crippen LogP contribution in [-0.2, 0) is 0 Å². The zero-order valence-corrected chi connectivity index (χ0v) is 32.7. The van der Waals surface area contributed by atoms with Gasteiger partial charge in [-0.1, -0.05) is 127 Å². The van der Waals surface area contributed by atoms with Gasteiger partial charge >= 0.3 is 0 Å². The van der Waals surface area contributed by atoms with E-state index in [9.17, 15) is 0 Å². The Hall–Kier alpha value is -8.08. The molecule has 4 heteroatoms. The van der Waals surface area contributed by atoms with Gasteiger partial charge in [-0.25, -0.2) is 0 Å². The molecule has 282 valence electrons. The molecular weight excluding hydrogens is 729 g/mol. The Bertz CT molecular complexity index is 3450. The third-order valence-corrected chi connectivity index (χ3v) is 12.0. The van der Waals surface area contributed by atoms with Gasteiger partial charge in [0.25, 0.3) is 0 Å². The fourth-order valence-corrected chi connectivity index (χ4v) is 9.45. The van der Waals surface area contributed by atoms with E-state index in [0.717, 1.165) is 34.1 Å². The van der Waals surface area contributed by atoms with Crippen LogP contribution < -0.4 is 4.90 Å². The molecule has 0 radical (unpaired) electrons. The molecule has 0 aliphatic carbocycles. The zero-order valence-electron chi connectivity index (χ0n) is 32.7. The minimum absolute atomic E-state index is 1.11. The monoisotopic (exact) mass is 766 g/mol. The summed E-state index contributed by atoms with van der Waals surface area (Å²) < 4.78 is 7.41. The van der Waals surface area contributed by atoms with Crippen molar-refractivity contribution >= 4 is 71.7 Å². The minimum Gasteiger partial charge on any atom is -0.311 e. The highest BCUT2D eigenvalue weighted by Gasteiger charge is 2.26. The second kappa shape index (κ2) is 13.8. The number of anilines is 3. The number of aromatic nitrogens is 3. The van der Waals surface area contributed by atoms with Crippen molar-refractivity contribution in [2.45, 2.75) is 0 Å². The highest BCUT2D eigenvalue weighted by atomic mass is 15.1. The number of benzene rings is 9. The van der Waals surface area contributed by atoms with Gasteiger partial charge in [0.15, 0.2) is 0 Å². The SMILES string of the molecule is c1ccc(N(c2ccccc2)c2ccc(-c3ccc4c(c3)c3c(ccc5c6c(c7ccccc7n6-c6ccccc6)n(-c6ccccc6)c53)n4-c3ccccc3)cc2)cc1. The smallest absolute Gasteiger partial charge is 0.0804 e. The van der Waals surface area contributed by atoms with E-state index in [1.54, 1.807) is 0 Å². The standard InChI is InChI=1S/C56H38N4/c1-6-18-41(19-7-1)57(42-20-8-2-9-21-42)46-33-30-39(31-34-46)40-32-36-51-49(38-40)53-52(58(51)43-22-10-3-11-23-43)37-35-48-54(53)60(45-26-14-5-15-27-45)55-47-28-16-17-29-50(47)59(56(48)55)44-24-12-4-13-25-44/h1-38H. The van der Waals surface area contributed by atoms with Crippen LogP contribution in [0.25, 0.3) is 82.8 Å². The van der Waals surface area contributed by atoms with E-state index in [4.69, 9.17) is 0 Å². The number of fused-ring (bicyclic) bond motifs is 9. The zero-order chi connectivity index (χ0) is 39.6. The van der Waals surface area contributed by atoms with Crippen molar-refractivity contribution in [1.82, 2.24) is 13.7 Å². The van der Waals surface area contributed by atoms with Gasteiger partial charge in [0.2, 0.25) is 0 Å². The molecule has 12 aromatic rings. The lowest BCUT2D eigenvalue weighted by molar-refractivity contribution is 1.17. The number of nitrogens with zero attached hydrogens (tertiary/aromatic N) is 4. The molecule has 0 aliphatic rings. The van der Waals surface area contributed by atoms with Crippen LogP contribution in [0.3, 0.4) is 0 Å². The second-order valence-corrected chi connectivity index (χ2v) is 15.4. The van der Waals surface area contributed by atoms with Gasteiger partial charge in [0.05, 0.1) is 33.1 Å². The summed E-state index contributed by atoms with van der Waals surface area (Å²) in [5, 5.41) is 4.87. The minimum atomic E-state index is 1.11. The topological polar surface area (TPSA) is 18.0 Å². The molecule has 0 bridgehead atoms. The van der Waals surface area contributed by atoms with Crippen LogP contribution in [0.15, 0.2) is 231 Å². The molecule has 0 N–H and O–H groups in total. The lowest BCUT2D eigenvalue weighted by atomic mass is 10.0. The summed E-state index contributed by atoms with van der Waals surface area (Å²) in [6, 6.07) is 83.2. The molecule has 0 saturated carbocycles. The largest absolute Gasteiger partial charge is 0.311 e. The van der Waals surface area contributed by atoms with Gasteiger partial charge in [-0.3, -0.25) is 0 Å². The Balaban J connectivity index is 1.15. The van der Waals surface area contributed by atoms with E-state index in [2.05, 4.69) is 249 Å². The van der Waals surface area contributed by atoms with E-state index in [0.29, 0.717) is 0 Å². The molecule has 0 fully saturated rings. The Labute approximate surface area is 347 Å². The van der Waals surface area contributed by atoms with Crippen molar-refractivity contribution in [2.24, 2.45) is 0 Å². The predicted octanol–water partition coefficient (Wildman–Crippen LogP) is 15.0. The van der Waals surface area contributed by atoms with Crippen molar-refractivity contribution in [1.29, 1.82) is 0 Å². The van der Waals surface area contributed by atoms with Crippen LogP contribution >= 0.6 is 0 Å². The van der Waals surface area contributed by atoms with Crippen molar-refractivity contribution in [3.05, 3.63) is 231 Å². The van der Waals surface area contributed by atoms with Gasteiger partial charge < -0.3 is 18.6 Å². The average molecular weight is 767 g/mol. The van der Waals surface area contributed by atoms with Crippen LogP contribution in [0.4, 0.5) is 17.1 Å². The van der Waals surface area contributed by atoms with Gasteiger partial charge in [-0.2, -0.15) is 0 Å². The summed E-state index contributed by atoms with van der Waals surface area (Å²) in [6.07, 6.45) is 0. The van der Waals surface area contributed by atoms with Crippen molar-refractivity contribution < 1.29 is 0 Å². The number of rotatable bonds is 7. The second-order valence-electron chi connectivity index (χ2n) is 15.4. The Kier molecular flexibility index (Phi) is 7.82. The summed E-state index contributed by atoms with van der Waals surface area (Å²) in [5.41, 5.74) is 16.3. The first-order valence-corrected chi connectivity index (χ1v) is 20.5. The van der Waals surface area contributed by atoms with E-state index >= 15 is 0 Å². The molecule has 3 aromatic heterocycles. The average Bonchev–Trinajstić information content (AvgIpc) is 3.96. The Morgan fingerprint density at radius 2 is 0.717 bits per heavy atom. The highest BCUT2D eigenvalue weighted by molar-refractivity contribution is 6.29. The van der Waals surface area contributed by atoms with E-state index in [1.807, 2.05) is 0 Å². The van der Waals surface area contributed by atoms with Crippen LogP contribution in [0, 0.1) is 0 Å². The quantitative estimate of drug-likeness (QED) is 0.158. The lowest BCUT2D eigenvalue weighted by Crippen LogP contribution is -2.09. The molecule has 0 unspecified atom stereocenters. The van der Waals surface area contributed by atoms with Gasteiger partial charge in [-0.15, -0.1) is 0 Å². The van der Waals surface area contributed by atoms with Gasteiger partial charge in [0, 0.05) is 55.7 Å². The van der Waals surface area contributed by atoms with Crippen molar-refractivity contribution in [2.75, 3.05) is 4.90 Å². The molecule has 0 aliphatic heterocycles. The Morgan fingerprint density at radius 3 is 1.33 bits per heavy atom. The van der Waals surface area contributed by atoms with Crippen LogP contribution in [0.1, 0.15) is 0 Å². The molecule has 0 spiro atoms. The maximum Gasteiger partial charge on any atom is 0.0804 e. The van der Waals surface area contributed by atoms with E-state index in [-0.39, 0.29) is 0 Å². The summed E-state index contributed by atoms with van der Waals surface area (Å²) in [5.74, 6) is 0. The summed E-state index contributed by atoms with van der Waals surface area (Å²) in [4.78, 5) is 2.31. The van der Waals surface area contributed by atoms with Gasteiger partial charge in [-0.05, 0) is 114 Å². The number of hydrogen-bond acceptors (Lipinski definition) is 1. The number of para-hydroxylation sites is 6. The molecule has 0 amide bonds. The third kappa shape index (κ3) is 5.25. The molecule has 60 heavy (non-hydrogen) atoms. The Morgan fingerprint density at radius 1 is 0.267 bits per heavy atom. The molecule has 0 saturated heterocycles. The summed E-state index contributed by atoms with van der Waals surface area (Å²) >= 11 is 0. The molecule has 9 aromatic carbocycles. The number of hydrogen-bond donors (Lipinski definition) is 0. The van der Waals surface area contributed by atoms with Crippen LogP contribution in [0.2, 0.25) is 0 Å². The summed E-state index contributed by atoms with van der Waals surface area (Å²) in [7, 11) is 0. The lowest BCUT2D eigenvalue weighted by Gasteiger charge is -2.25. The van der Waals surface area contributed by atoms with E-state index in [1.165, 1.54) is 65.8 Å². The summed E-state index contributed by atoms with van der Waals surface area (Å²) in [6.45, 7) is 0. The molecular formula is C56H38N4. The molecule has 12 rings (SSSR count). The highest BCUT2D eigenvalue weighted by Crippen LogP contribution is 2.46. The maximum absolute atomic E-state index is 2.52. The van der Waals surface area contributed by atoms with Crippen LogP contribution in [-0.4, -0.2) is 13.7 Å². The third-order valence-electron chi connectivity index (χ3n) is 12.0. The first-order valence-electron chi connectivity index (χ1n) is 20.5.